The number of hydrogen-bond donors (Lipinski definition) is 5. The van der Waals surface area contributed by atoms with Crippen LogP contribution >= 0.6 is 0 Å². The minimum absolute atomic E-state index is 0.0179. The van der Waals surface area contributed by atoms with Crippen LogP contribution in [-0.4, -0.2) is 67.4 Å². The summed E-state index contributed by atoms with van der Waals surface area (Å²) in [6.45, 7) is -0.245. The Morgan fingerprint density at radius 1 is 1.36 bits per heavy atom. The summed E-state index contributed by atoms with van der Waals surface area (Å²) in [4.78, 5) is 9.75. The third-order valence-electron chi connectivity index (χ3n) is 4.72. The van der Waals surface area contributed by atoms with E-state index in [0.717, 1.165) is 0 Å². The molecule has 0 unspecified atom stereocenters. The second-order valence-corrected chi connectivity index (χ2v) is 6.54. The number of rotatable bonds is 5. The average molecular weight is 393 g/mol. The summed E-state index contributed by atoms with van der Waals surface area (Å²) < 4.78 is 20.2. The first kappa shape index (κ1) is 18.8. The number of fused-ring (bicyclic) bond motifs is 1. The van der Waals surface area contributed by atoms with Gasteiger partial charge in [0.15, 0.2) is 12.1 Å². The van der Waals surface area contributed by atoms with E-state index in [1.807, 2.05) is 0 Å². The number of ether oxygens (including phenoxy) is 1. The van der Waals surface area contributed by atoms with E-state index in [1.54, 1.807) is 12.1 Å². The number of aromatic nitrogens is 2. The van der Waals surface area contributed by atoms with E-state index >= 15 is 0 Å². The van der Waals surface area contributed by atoms with Gasteiger partial charge in [0.25, 0.3) is 0 Å². The van der Waals surface area contributed by atoms with Gasteiger partial charge in [-0.2, -0.15) is 0 Å². The Hall–Kier alpha value is -2.57. The molecule has 2 aliphatic heterocycles. The number of nitrogens with zero attached hydrogens (tertiary/aromatic N) is 3. The van der Waals surface area contributed by atoms with E-state index in [1.165, 1.54) is 28.1 Å². The standard InChI is InChI=1S/C17H20FN5O5/c18-10-3-1-2-9(4-10)6-27-23-8-21-16-12(15(23)19)20-7-22(16)17-14(26)13(25)11(5-24)28-17/h1-4,7,11,13-14,17,19,21,24-26H,5-6,8H2/t11-,13-,14-,17-/m1/s1. The third kappa shape index (κ3) is 3.23. The molecule has 10 nitrogen and oxygen atoms in total. The molecule has 3 heterocycles. The van der Waals surface area contributed by atoms with Gasteiger partial charge in [0.1, 0.15) is 48.9 Å². The number of anilines is 1. The summed E-state index contributed by atoms with van der Waals surface area (Å²) in [5.74, 6) is 0.0357. The molecule has 28 heavy (non-hydrogen) atoms. The van der Waals surface area contributed by atoms with Crippen molar-refractivity contribution in [2.75, 3.05) is 18.6 Å². The van der Waals surface area contributed by atoms with Gasteiger partial charge in [-0.25, -0.2) is 14.4 Å². The summed E-state index contributed by atoms with van der Waals surface area (Å²) in [7, 11) is 0. The fraction of sp³-hybridized carbons (Fsp3) is 0.412. The van der Waals surface area contributed by atoms with Crippen molar-refractivity contribution in [3.05, 3.63) is 47.7 Å². The Morgan fingerprint density at radius 3 is 2.89 bits per heavy atom. The van der Waals surface area contributed by atoms with Crippen molar-refractivity contribution in [1.29, 1.82) is 5.41 Å². The molecule has 1 saturated heterocycles. The SMILES string of the molecule is N=C1c2ncn([C@@H]3O[C@H](CO)[C@@H](O)[C@H]3O)c2NCN1OCc1cccc(F)c1. The van der Waals surface area contributed by atoms with Crippen LogP contribution < -0.4 is 5.32 Å². The molecule has 0 bridgehead atoms. The smallest absolute Gasteiger partial charge is 0.176 e. The number of hydrogen-bond acceptors (Lipinski definition) is 8. The number of imidazole rings is 1. The lowest BCUT2D eigenvalue weighted by atomic mass is 10.1. The van der Waals surface area contributed by atoms with Gasteiger partial charge >= 0.3 is 0 Å². The fourth-order valence-electron chi connectivity index (χ4n) is 3.25. The lowest BCUT2D eigenvalue weighted by molar-refractivity contribution is -0.108. The highest BCUT2D eigenvalue weighted by molar-refractivity contribution is 5.99. The van der Waals surface area contributed by atoms with Gasteiger partial charge in [-0.1, -0.05) is 12.1 Å². The van der Waals surface area contributed by atoms with E-state index < -0.39 is 31.1 Å². The molecule has 11 heteroatoms. The third-order valence-corrected chi connectivity index (χ3v) is 4.72. The van der Waals surface area contributed by atoms with E-state index in [4.69, 9.17) is 15.0 Å². The number of hydroxylamine groups is 2. The maximum absolute atomic E-state index is 13.3. The quantitative estimate of drug-likeness (QED) is 0.470. The highest BCUT2D eigenvalue weighted by atomic mass is 19.1. The van der Waals surface area contributed by atoms with E-state index in [-0.39, 0.29) is 30.6 Å². The van der Waals surface area contributed by atoms with Gasteiger partial charge in [-0.15, -0.1) is 0 Å². The van der Waals surface area contributed by atoms with Crippen molar-refractivity contribution in [1.82, 2.24) is 14.6 Å². The molecule has 1 fully saturated rings. The van der Waals surface area contributed by atoms with Crippen LogP contribution in [0.1, 0.15) is 17.5 Å². The minimum atomic E-state index is -1.26. The highest BCUT2D eigenvalue weighted by Gasteiger charge is 2.44. The zero-order valence-corrected chi connectivity index (χ0v) is 14.7. The summed E-state index contributed by atoms with van der Waals surface area (Å²) in [5.41, 5.74) is 0.888. The molecule has 1 aromatic carbocycles. The van der Waals surface area contributed by atoms with E-state index in [2.05, 4.69) is 10.3 Å². The minimum Gasteiger partial charge on any atom is -0.394 e. The molecule has 2 aliphatic rings. The van der Waals surface area contributed by atoms with Crippen molar-refractivity contribution in [2.45, 2.75) is 31.1 Å². The van der Waals surface area contributed by atoms with Gasteiger partial charge in [0.05, 0.1) is 12.9 Å². The zero-order valence-electron chi connectivity index (χ0n) is 14.7. The highest BCUT2D eigenvalue weighted by Crippen LogP contribution is 2.34. The Labute approximate surface area is 159 Å². The molecule has 4 rings (SSSR count). The van der Waals surface area contributed by atoms with E-state index in [9.17, 15) is 19.7 Å². The molecule has 0 spiro atoms. The molecule has 150 valence electrons. The predicted molar refractivity (Wildman–Crippen MR) is 93.6 cm³/mol. The number of halogens is 1. The monoisotopic (exact) mass is 393 g/mol. The number of aliphatic hydroxyl groups excluding tert-OH is 3. The lowest BCUT2D eigenvalue weighted by Gasteiger charge is -2.30. The van der Waals surface area contributed by atoms with Gasteiger partial charge in [0, 0.05) is 0 Å². The maximum Gasteiger partial charge on any atom is 0.176 e. The largest absolute Gasteiger partial charge is 0.394 e. The van der Waals surface area contributed by atoms with Crippen molar-refractivity contribution in [2.24, 2.45) is 0 Å². The van der Waals surface area contributed by atoms with Crippen LogP contribution in [0.5, 0.6) is 0 Å². The molecule has 0 amide bonds. The fourth-order valence-corrected chi connectivity index (χ4v) is 3.25. The first-order chi connectivity index (χ1) is 13.5. The lowest BCUT2D eigenvalue weighted by Crippen LogP contribution is -2.41. The van der Waals surface area contributed by atoms with Crippen LogP contribution in [0.3, 0.4) is 0 Å². The summed E-state index contributed by atoms with van der Waals surface area (Å²) in [6.07, 6.45) is -2.98. The topological polar surface area (TPSA) is 136 Å². The first-order valence-corrected chi connectivity index (χ1v) is 8.66. The molecular weight excluding hydrogens is 373 g/mol. The molecule has 4 atom stereocenters. The normalized spacial score (nSPS) is 27.0. The van der Waals surface area contributed by atoms with Crippen molar-refractivity contribution in [3.63, 3.8) is 0 Å². The molecule has 2 aromatic rings. The maximum atomic E-state index is 13.3. The molecule has 0 radical (unpaired) electrons. The summed E-state index contributed by atoms with van der Waals surface area (Å²) in [6, 6.07) is 5.98. The molecule has 0 saturated carbocycles. The van der Waals surface area contributed by atoms with Crippen LogP contribution in [0.4, 0.5) is 10.2 Å². The van der Waals surface area contributed by atoms with E-state index in [0.29, 0.717) is 11.4 Å². The summed E-state index contributed by atoms with van der Waals surface area (Å²) >= 11 is 0. The second kappa shape index (κ2) is 7.45. The number of amidine groups is 1. The molecule has 1 aromatic heterocycles. The van der Waals surface area contributed by atoms with Gasteiger partial charge in [-0.05, 0) is 17.7 Å². The summed E-state index contributed by atoms with van der Waals surface area (Å²) in [5, 5.41) is 42.0. The number of nitrogens with one attached hydrogen (secondary N) is 2. The Balaban J connectivity index is 1.48. The van der Waals surface area contributed by atoms with Gasteiger partial charge < -0.3 is 25.4 Å². The average Bonchev–Trinajstić information content (AvgIpc) is 3.23. The van der Waals surface area contributed by atoms with Crippen molar-refractivity contribution in [3.8, 4) is 0 Å². The number of aliphatic hydroxyl groups is 3. The Bertz CT molecular complexity index is 877. The van der Waals surface area contributed by atoms with Crippen molar-refractivity contribution >= 4 is 11.7 Å². The zero-order chi connectivity index (χ0) is 19.8. The van der Waals surface area contributed by atoms with Crippen LogP contribution in [-0.2, 0) is 16.2 Å². The van der Waals surface area contributed by atoms with Gasteiger partial charge in [0.2, 0.25) is 0 Å². The Morgan fingerprint density at radius 2 is 2.18 bits per heavy atom. The molecule has 0 aliphatic carbocycles. The second-order valence-electron chi connectivity index (χ2n) is 6.54. The van der Waals surface area contributed by atoms with Crippen LogP contribution in [0.25, 0.3) is 0 Å². The van der Waals surface area contributed by atoms with Crippen LogP contribution in [0.15, 0.2) is 30.6 Å². The van der Waals surface area contributed by atoms with Crippen LogP contribution in [0, 0.1) is 11.2 Å². The Kier molecular flexibility index (Phi) is 5.00. The first-order valence-electron chi connectivity index (χ1n) is 8.66. The van der Waals surface area contributed by atoms with Crippen LogP contribution in [0.2, 0.25) is 0 Å². The molecule has 5 N–H and O–H groups in total. The van der Waals surface area contributed by atoms with Gasteiger partial charge in [-0.3, -0.25) is 14.8 Å². The van der Waals surface area contributed by atoms with Crippen molar-refractivity contribution < 1.29 is 29.3 Å². The number of benzene rings is 1. The molecular formula is C17H20FN5O5. The predicted octanol–water partition coefficient (Wildman–Crippen LogP) is -0.224.